The van der Waals surface area contributed by atoms with Crippen molar-refractivity contribution in [3.05, 3.63) is 27.6 Å². The van der Waals surface area contributed by atoms with E-state index in [0.717, 1.165) is 32.1 Å². The number of hydrogen-bond donors (Lipinski definition) is 2. The van der Waals surface area contributed by atoms with Crippen molar-refractivity contribution in [2.45, 2.75) is 30.7 Å². The molecular weight excluding hydrogens is 302 g/mol. The van der Waals surface area contributed by atoms with E-state index < -0.39 is 15.6 Å². The van der Waals surface area contributed by atoms with Crippen LogP contribution in [-0.4, -0.2) is 44.0 Å². The molecule has 0 amide bonds. The van der Waals surface area contributed by atoms with Crippen LogP contribution in [0.15, 0.2) is 22.0 Å². The van der Waals surface area contributed by atoms with E-state index in [2.05, 4.69) is 21.5 Å². The maximum atomic E-state index is 12.2. The maximum Gasteiger partial charge on any atom is 0.266 e. The SMILES string of the molecule is CCN1CCCC(NS(=O)(=O)c2c[nH]c(=O)c(Cl)c2)C1. The van der Waals surface area contributed by atoms with Crippen LogP contribution in [0.5, 0.6) is 0 Å². The lowest BCUT2D eigenvalue weighted by Gasteiger charge is -2.32. The van der Waals surface area contributed by atoms with E-state index >= 15 is 0 Å². The molecule has 1 unspecified atom stereocenters. The first-order valence-corrected chi connectivity index (χ1v) is 8.41. The number of hydrogen-bond acceptors (Lipinski definition) is 4. The molecule has 8 heteroatoms. The van der Waals surface area contributed by atoms with Gasteiger partial charge in [-0.3, -0.25) is 4.79 Å². The number of halogens is 1. The first kappa shape index (κ1) is 15.5. The quantitative estimate of drug-likeness (QED) is 0.859. The Morgan fingerprint density at radius 3 is 2.95 bits per heavy atom. The lowest BCUT2D eigenvalue weighted by molar-refractivity contribution is 0.211. The number of likely N-dealkylation sites (N-methyl/N-ethyl adjacent to an activating group) is 1. The van der Waals surface area contributed by atoms with E-state index in [1.165, 1.54) is 6.07 Å². The molecule has 1 aliphatic heterocycles. The normalized spacial score (nSPS) is 21.0. The molecule has 2 N–H and O–H groups in total. The molecule has 1 atom stereocenters. The number of H-pyrrole nitrogens is 1. The molecular formula is C12H18ClN3O3S. The van der Waals surface area contributed by atoms with Crippen molar-refractivity contribution in [1.29, 1.82) is 0 Å². The molecule has 1 aliphatic rings. The van der Waals surface area contributed by atoms with Gasteiger partial charge in [-0.25, -0.2) is 13.1 Å². The number of aromatic amines is 1. The molecule has 20 heavy (non-hydrogen) atoms. The van der Waals surface area contributed by atoms with Gasteiger partial charge in [0.15, 0.2) is 0 Å². The number of rotatable bonds is 4. The molecule has 112 valence electrons. The molecule has 0 radical (unpaired) electrons. The fourth-order valence-corrected chi connectivity index (χ4v) is 3.81. The molecule has 6 nitrogen and oxygen atoms in total. The summed E-state index contributed by atoms with van der Waals surface area (Å²) in [6, 6.07) is 1.06. The summed E-state index contributed by atoms with van der Waals surface area (Å²) in [7, 11) is -3.66. The van der Waals surface area contributed by atoms with Crippen LogP contribution in [0.3, 0.4) is 0 Å². The van der Waals surface area contributed by atoms with Gasteiger partial charge in [-0.05, 0) is 32.0 Å². The van der Waals surface area contributed by atoms with Gasteiger partial charge in [-0.1, -0.05) is 18.5 Å². The van der Waals surface area contributed by atoms with Crippen LogP contribution in [0, 0.1) is 0 Å². The summed E-state index contributed by atoms with van der Waals surface area (Å²) in [4.78, 5) is 15.7. The molecule has 0 aromatic carbocycles. The van der Waals surface area contributed by atoms with Gasteiger partial charge in [0.25, 0.3) is 5.56 Å². The van der Waals surface area contributed by atoms with Crippen LogP contribution >= 0.6 is 11.6 Å². The largest absolute Gasteiger partial charge is 0.326 e. The lowest BCUT2D eigenvalue weighted by atomic mass is 10.1. The Morgan fingerprint density at radius 2 is 2.30 bits per heavy atom. The van der Waals surface area contributed by atoms with E-state index in [9.17, 15) is 13.2 Å². The van der Waals surface area contributed by atoms with Crippen molar-refractivity contribution < 1.29 is 8.42 Å². The molecule has 0 saturated carbocycles. The molecule has 2 rings (SSSR count). The van der Waals surface area contributed by atoms with Crippen LogP contribution in [-0.2, 0) is 10.0 Å². The third-order valence-electron chi connectivity index (χ3n) is 3.42. The highest BCUT2D eigenvalue weighted by atomic mass is 35.5. The average Bonchev–Trinajstić information content (AvgIpc) is 2.41. The number of nitrogens with zero attached hydrogens (tertiary/aromatic N) is 1. The van der Waals surface area contributed by atoms with Crippen LogP contribution in [0.25, 0.3) is 0 Å². The number of piperidine rings is 1. The van der Waals surface area contributed by atoms with Crippen LogP contribution in [0.4, 0.5) is 0 Å². The minimum Gasteiger partial charge on any atom is -0.326 e. The molecule has 1 aromatic heterocycles. The topological polar surface area (TPSA) is 82.3 Å². The monoisotopic (exact) mass is 319 g/mol. The van der Waals surface area contributed by atoms with Crippen molar-refractivity contribution in [1.82, 2.24) is 14.6 Å². The number of aromatic nitrogens is 1. The van der Waals surface area contributed by atoms with E-state index in [1.807, 2.05) is 0 Å². The zero-order chi connectivity index (χ0) is 14.8. The standard InChI is InChI=1S/C12H18ClN3O3S/c1-2-16-5-3-4-9(8-16)15-20(18,19)10-6-11(13)12(17)14-7-10/h6-7,9,15H,2-5,8H2,1H3,(H,14,17). The van der Waals surface area contributed by atoms with Gasteiger partial charge in [0.05, 0.1) is 4.90 Å². The summed E-state index contributed by atoms with van der Waals surface area (Å²) in [5.74, 6) is 0. The van der Waals surface area contributed by atoms with E-state index in [-0.39, 0.29) is 16.0 Å². The molecule has 2 heterocycles. The highest BCUT2D eigenvalue weighted by Crippen LogP contribution is 2.15. The summed E-state index contributed by atoms with van der Waals surface area (Å²) in [6.45, 7) is 4.66. The van der Waals surface area contributed by atoms with Crippen LogP contribution < -0.4 is 10.3 Å². The number of nitrogens with one attached hydrogen (secondary N) is 2. The summed E-state index contributed by atoms with van der Waals surface area (Å²) in [5.41, 5.74) is -0.500. The minimum atomic E-state index is -3.66. The Labute approximate surface area is 123 Å². The van der Waals surface area contributed by atoms with Gasteiger partial charge in [-0.15, -0.1) is 0 Å². The summed E-state index contributed by atoms with van der Waals surface area (Å²) < 4.78 is 27.2. The number of sulfonamides is 1. The van der Waals surface area contributed by atoms with E-state index in [4.69, 9.17) is 11.6 Å². The van der Waals surface area contributed by atoms with Crippen LogP contribution in [0.2, 0.25) is 5.02 Å². The zero-order valence-corrected chi connectivity index (χ0v) is 12.8. The second-order valence-corrected chi connectivity index (χ2v) is 6.99. The Balaban J connectivity index is 2.14. The summed E-state index contributed by atoms with van der Waals surface area (Å²) >= 11 is 5.66. The molecule has 0 spiro atoms. The predicted octanol–water partition coefficient (Wildman–Crippen LogP) is 0.791. The number of likely N-dealkylation sites (tertiary alicyclic amines) is 1. The molecule has 1 aromatic rings. The fourth-order valence-electron chi connectivity index (χ4n) is 2.32. The van der Waals surface area contributed by atoms with Crippen molar-refractivity contribution in [2.75, 3.05) is 19.6 Å². The Morgan fingerprint density at radius 1 is 1.55 bits per heavy atom. The van der Waals surface area contributed by atoms with Gasteiger partial charge < -0.3 is 9.88 Å². The van der Waals surface area contributed by atoms with Crippen LogP contribution in [0.1, 0.15) is 19.8 Å². The third-order valence-corrected chi connectivity index (χ3v) is 5.20. The van der Waals surface area contributed by atoms with E-state index in [1.54, 1.807) is 0 Å². The minimum absolute atomic E-state index is 0.0179. The average molecular weight is 320 g/mol. The Hall–Kier alpha value is -0.890. The second-order valence-electron chi connectivity index (χ2n) is 4.87. The van der Waals surface area contributed by atoms with Gasteiger partial charge in [0.2, 0.25) is 10.0 Å². The van der Waals surface area contributed by atoms with Gasteiger partial charge >= 0.3 is 0 Å². The zero-order valence-electron chi connectivity index (χ0n) is 11.2. The van der Waals surface area contributed by atoms with Gasteiger partial charge in [-0.2, -0.15) is 0 Å². The lowest BCUT2D eigenvalue weighted by Crippen LogP contribution is -2.47. The van der Waals surface area contributed by atoms with Gasteiger partial charge in [0.1, 0.15) is 5.02 Å². The molecule has 1 saturated heterocycles. The first-order chi connectivity index (χ1) is 9.42. The summed E-state index contributed by atoms with van der Waals surface area (Å²) in [6.07, 6.45) is 2.94. The maximum absolute atomic E-state index is 12.2. The fraction of sp³-hybridized carbons (Fsp3) is 0.583. The highest BCUT2D eigenvalue weighted by Gasteiger charge is 2.25. The van der Waals surface area contributed by atoms with Crippen molar-refractivity contribution in [2.24, 2.45) is 0 Å². The number of pyridine rings is 1. The summed E-state index contributed by atoms with van der Waals surface area (Å²) in [5, 5.41) is -0.133. The van der Waals surface area contributed by atoms with Gasteiger partial charge in [0, 0.05) is 18.8 Å². The van der Waals surface area contributed by atoms with Crippen molar-refractivity contribution >= 4 is 21.6 Å². The molecule has 0 aliphatic carbocycles. The Kier molecular flexibility index (Phi) is 4.85. The van der Waals surface area contributed by atoms with E-state index in [0.29, 0.717) is 6.54 Å². The predicted molar refractivity (Wildman–Crippen MR) is 77.5 cm³/mol. The highest BCUT2D eigenvalue weighted by molar-refractivity contribution is 7.89. The molecule has 0 bridgehead atoms. The molecule has 1 fully saturated rings. The van der Waals surface area contributed by atoms with Crippen molar-refractivity contribution in [3.63, 3.8) is 0 Å². The van der Waals surface area contributed by atoms with Crippen molar-refractivity contribution in [3.8, 4) is 0 Å². The second kappa shape index (κ2) is 6.26. The first-order valence-electron chi connectivity index (χ1n) is 6.55. The Bertz CT molecular complexity index is 629. The third kappa shape index (κ3) is 3.60. The smallest absolute Gasteiger partial charge is 0.266 e.